The molecule has 176 valence electrons. The van der Waals surface area contributed by atoms with Gasteiger partial charge in [-0.2, -0.15) is 10.1 Å². The van der Waals surface area contributed by atoms with Gasteiger partial charge in [-0.25, -0.2) is 9.78 Å². The highest BCUT2D eigenvalue weighted by molar-refractivity contribution is 7.22. The van der Waals surface area contributed by atoms with Crippen LogP contribution in [0.2, 0.25) is 0 Å². The highest BCUT2D eigenvalue weighted by Crippen LogP contribution is 2.33. The fourth-order valence-corrected chi connectivity index (χ4v) is 4.86. The van der Waals surface area contributed by atoms with Gasteiger partial charge in [-0.3, -0.25) is 4.79 Å². The van der Waals surface area contributed by atoms with E-state index in [0.29, 0.717) is 28.0 Å². The number of hydrazone groups is 1. The Morgan fingerprint density at radius 2 is 1.94 bits per heavy atom. The van der Waals surface area contributed by atoms with Crippen molar-refractivity contribution in [1.82, 2.24) is 4.98 Å². The lowest BCUT2D eigenvalue weighted by Gasteiger charge is -2.13. The number of aromatic nitrogens is 1. The number of anilines is 1. The monoisotopic (exact) mass is 495 g/mol. The van der Waals surface area contributed by atoms with Crippen LogP contribution in [0.25, 0.3) is 32.0 Å². The molecule has 0 aliphatic heterocycles. The van der Waals surface area contributed by atoms with E-state index in [0.717, 1.165) is 20.5 Å². The molecule has 0 saturated carbocycles. The van der Waals surface area contributed by atoms with Gasteiger partial charge in [-0.05, 0) is 53.2 Å². The van der Waals surface area contributed by atoms with E-state index in [1.807, 2.05) is 36.4 Å². The van der Waals surface area contributed by atoms with Gasteiger partial charge in [-0.15, -0.1) is 0 Å². The van der Waals surface area contributed by atoms with Gasteiger partial charge in [0.2, 0.25) is 5.13 Å². The molecule has 6 rings (SSSR count). The Bertz CT molecular complexity index is 1840. The number of nitrogens with zero attached hydrogens (tertiary/aromatic N) is 3. The zero-order chi connectivity index (χ0) is 24.6. The van der Waals surface area contributed by atoms with Gasteiger partial charge in [0.15, 0.2) is 0 Å². The number of carbonyl (C=O) groups excluding carboxylic acids is 1. The van der Waals surface area contributed by atoms with Crippen molar-refractivity contribution in [3.05, 3.63) is 101 Å². The molecule has 36 heavy (non-hydrogen) atoms. The van der Waals surface area contributed by atoms with Crippen molar-refractivity contribution in [2.75, 3.05) is 12.1 Å². The van der Waals surface area contributed by atoms with Crippen LogP contribution in [-0.2, 0) is 0 Å². The number of benzene rings is 3. The summed E-state index contributed by atoms with van der Waals surface area (Å²) in [5.74, 6) is 0.427. The molecular weight excluding hydrogens is 478 g/mol. The van der Waals surface area contributed by atoms with Crippen LogP contribution in [0.5, 0.6) is 5.75 Å². The summed E-state index contributed by atoms with van der Waals surface area (Å²) in [5.41, 5.74) is 0.141. The second kappa shape index (κ2) is 8.79. The highest BCUT2D eigenvalue weighted by atomic mass is 32.1. The maximum atomic E-state index is 13.8. The predicted octanol–water partition coefficient (Wildman–Crippen LogP) is 5.84. The number of amides is 1. The number of hydrogen-bond donors (Lipinski definition) is 0. The zero-order valence-electron chi connectivity index (χ0n) is 18.9. The van der Waals surface area contributed by atoms with Crippen molar-refractivity contribution < 1.29 is 18.4 Å². The molecule has 0 saturated heterocycles. The third kappa shape index (κ3) is 3.81. The second-order valence-electron chi connectivity index (χ2n) is 7.85. The summed E-state index contributed by atoms with van der Waals surface area (Å²) in [6.45, 7) is 0. The van der Waals surface area contributed by atoms with Crippen LogP contribution in [0.15, 0.2) is 97.8 Å². The van der Waals surface area contributed by atoms with Crippen LogP contribution in [-0.4, -0.2) is 24.2 Å². The average Bonchev–Trinajstić information content (AvgIpc) is 3.57. The molecule has 0 aliphatic rings. The van der Waals surface area contributed by atoms with E-state index >= 15 is 0 Å². The molecule has 0 atom stereocenters. The molecule has 1 amide bonds. The minimum atomic E-state index is -0.760. The Morgan fingerprint density at radius 3 is 2.78 bits per heavy atom. The van der Waals surface area contributed by atoms with Gasteiger partial charge in [0.1, 0.15) is 22.7 Å². The first-order valence-electron chi connectivity index (χ1n) is 10.9. The summed E-state index contributed by atoms with van der Waals surface area (Å²) in [6.07, 6.45) is 2.89. The summed E-state index contributed by atoms with van der Waals surface area (Å²) in [7, 11) is 1.58. The molecule has 0 unspecified atom stereocenters. The number of fused-ring (bicyclic) bond motifs is 4. The predicted molar refractivity (Wildman–Crippen MR) is 139 cm³/mol. The Labute approximate surface area is 207 Å². The number of thiazole rings is 1. The minimum Gasteiger partial charge on any atom is -0.497 e. The molecule has 0 N–H and O–H groups in total. The van der Waals surface area contributed by atoms with Gasteiger partial charge >= 0.3 is 5.63 Å². The first-order valence-corrected chi connectivity index (χ1v) is 11.7. The van der Waals surface area contributed by atoms with E-state index in [9.17, 15) is 9.59 Å². The molecule has 8 nitrogen and oxygen atoms in total. The third-order valence-corrected chi connectivity index (χ3v) is 6.67. The van der Waals surface area contributed by atoms with E-state index in [1.54, 1.807) is 43.5 Å². The van der Waals surface area contributed by atoms with Crippen LogP contribution in [0.1, 0.15) is 16.1 Å². The Kier molecular flexibility index (Phi) is 5.31. The summed E-state index contributed by atoms with van der Waals surface area (Å²) < 4.78 is 17.0. The molecular formula is C27H17N3O5S. The number of furan rings is 1. The Morgan fingerprint density at radius 1 is 1.06 bits per heavy atom. The first kappa shape index (κ1) is 21.8. The standard InChI is InChI=1S/C27H17N3O5S/c1-33-17-9-10-22-24(13-17)36-27(29-22)30(28-15-18-6-4-12-34-18)25(31)21-14-20-19-7-3-2-5-16(19)8-11-23(20)35-26(21)32/h2-15H,1H3/b28-15+. The van der Waals surface area contributed by atoms with E-state index in [-0.39, 0.29) is 10.7 Å². The summed E-state index contributed by atoms with van der Waals surface area (Å²) in [5, 5.41) is 8.18. The van der Waals surface area contributed by atoms with Crippen molar-refractivity contribution in [1.29, 1.82) is 0 Å². The topological polar surface area (TPSA) is 98.1 Å². The molecule has 3 aromatic heterocycles. The Balaban J connectivity index is 1.51. The van der Waals surface area contributed by atoms with Gasteiger partial charge < -0.3 is 13.6 Å². The molecule has 6 aromatic rings. The van der Waals surface area contributed by atoms with Crippen LogP contribution in [0.3, 0.4) is 0 Å². The first-order chi connectivity index (χ1) is 17.6. The molecule has 3 aromatic carbocycles. The number of rotatable bonds is 5. The van der Waals surface area contributed by atoms with Crippen LogP contribution >= 0.6 is 11.3 Å². The fourth-order valence-electron chi connectivity index (χ4n) is 3.91. The molecule has 0 fully saturated rings. The number of ether oxygens (including phenoxy) is 1. The largest absolute Gasteiger partial charge is 0.497 e. The normalized spacial score (nSPS) is 11.6. The van der Waals surface area contributed by atoms with Crippen LogP contribution < -0.4 is 15.4 Å². The van der Waals surface area contributed by atoms with E-state index in [2.05, 4.69) is 10.1 Å². The summed E-state index contributed by atoms with van der Waals surface area (Å²) in [4.78, 5) is 31.3. The van der Waals surface area contributed by atoms with Crippen molar-refractivity contribution >= 4 is 60.5 Å². The fraction of sp³-hybridized carbons (Fsp3) is 0.0370. The zero-order valence-corrected chi connectivity index (χ0v) is 19.7. The number of hydrogen-bond acceptors (Lipinski definition) is 8. The molecule has 0 bridgehead atoms. The maximum Gasteiger partial charge on any atom is 0.349 e. The van der Waals surface area contributed by atoms with Crippen molar-refractivity contribution in [3.8, 4) is 5.75 Å². The van der Waals surface area contributed by atoms with Crippen molar-refractivity contribution in [2.24, 2.45) is 5.10 Å². The Hall–Kier alpha value is -4.76. The van der Waals surface area contributed by atoms with Gasteiger partial charge in [0, 0.05) is 5.39 Å². The average molecular weight is 496 g/mol. The lowest BCUT2D eigenvalue weighted by Crippen LogP contribution is -2.30. The van der Waals surface area contributed by atoms with E-state index in [4.69, 9.17) is 13.6 Å². The lowest BCUT2D eigenvalue weighted by atomic mass is 10.0. The van der Waals surface area contributed by atoms with Crippen LogP contribution in [0, 0.1) is 0 Å². The molecule has 9 heteroatoms. The number of carbonyl (C=O) groups is 1. The van der Waals surface area contributed by atoms with E-state index in [1.165, 1.54) is 23.8 Å². The summed E-state index contributed by atoms with van der Waals surface area (Å²) in [6, 6.07) is 21.7. The minimum absolute atomic E-state index is 0.160. The van der Waals surface area contributed by atoms with Crippen molar-refractivity contribution in [2.45, 2.75) is 0 Å². The lowest BCUT2D eigenvalue weighted by molar-refractivity contribution is 0.0984. The quantitative estimate of drug-likeness (QED) is 0.129. The molecule has 0 spiro atoms. The highest BCUT2D eigenvalue weighted by Gasteiger charge is 2.25. The maximum absolute atomic E-state index is 13.8. The second-order valence-corrected chi connectivity index (χ2v) is 8.86. The number of methoxy groups -OCH3 is 1. The molecule has 0 aliphatic carbocycles. The van der Waals surface area contributed by atoms with Crippen LogP contribution in [0.4, 0.5) is 5.13 Å². The smallest absolute Gasteiger partial charge is 0.349 e. The molecule has 0 radical (unpaired) electrons. The SMILES string of the molecule is COc1ccc2nc(N(/N=C/c3ccco3)C(=O)c3cc4c(ccc5ccccc54)oc3=O)sc2c1. The van der Waals surface area contributed by atoms with E-state index < -0.39 is 11.5 Å². The van der Waals surface area contributed by atoms with Gasteiger partial charge in [-0.1, -0.05) is 41.7 Å². The van der Waals surface area contributed by atoms with Gasteiger partial charge in [0.05, 0.1) is 29.8 Å². The molecule has 3 heterocycles. The summed E-state index contributed by atoms with van der Waals surface area (Å²) >= 11 is 1.24. The third-order valence-electron chi connectivity index (χ3n) is 5.67. The van der Waals surface area contributed by atoms with Gasteiger partial charge in [0.25, 0.3) is 5.91 Å². The van der Waals surface area contributed by atoms with Crippen molar-refractivity contribution in [3.63, 3.8) is 0 Å².